The molecule has 1 unspecified atom stereocenters. The van der Waals surface area contributed by atoms with E-state index in [1.54, 1.807) is 6.92 Å². The molecule has 0 fully saturated rings. The maximum Gasteiger partial charge on any atom is 0.0999 e. The first kappa shape index (κ1) is 13.7. The highest BCUT2D eigenvalue weighted by atomic mass is 16.3. The van der Waals surface area contributed by atoms with Crippen LogP contribution in [-0.2, 0) is 19.4 Å². The zero-order valence-electron chi connectivity index (χ0n) is 10.6. The minimum atomic E-state index is -0.272. The molecule has 0 saturated carbocycles. The van der Waals surface area contributed by atoms with Crippen molar-refractivity contribution in [3.8, 4) is 6.07 Å². The molecule has 1 aromatic heterocycles. The van der Waals surface area contributed by atoms with Crippen molar-refractivity contribution >= 4 is 0 Å². The molecule has 1 rings (SSSR count). The van der Waals surface area contributed by atoms with Gasteiger partial charge in [-0.1, -0.05) is 18.6 Å². The van der Waals surface area contributed by atoms with E-state index >= 15 is 0 Å². The fraction of sp³-hybridized carbons (Fsp3) is 0.750. The van der Waals surface area contributed by atoms with Crippen LogP contribution < -0.4 is 0 Å². The number of nitriles is 1. The van der Waals surface area contributed by atoms with Crippen molar-refractivity contribution < 1.29 is 5.11 Å². The number of hydrogen-bond acceptors (Lipinski definition) is 4. The summed E-state index contributed by atoms with van der Waals surface area (Å²) in [4.78, 5) is 0. The Balaban J connectivity index is 2.67. The Morgan fingerprint density at radius 3 is 2.88 bits per heavy atom. The van der Waals surface area contributed by atoms with Crippen LogP contribution in [0.2, 0.25) is 0 Å². The number of rotatable bonds is 7. The van der Waals surface area contributed by atoms with Crippen LogP contribution in [0.4, 0.5) is 0 Å². The van der Waals surface area contributed by atoms with E-state index in [2.05, 4.69) is 23.3 Å². The van der Waals surface area contributed by atoms with E-state index in [4.69, 9.17) is 5.26 Å². The zero-order valence-corrected chi connectivity index (χ0v) is 10.6. The smallest absolute Gasteiger partial charge is 0.0999 e. The Hall–Kier alpha value is -1.41. The van der Waals surface area contributed by atoms with E-state index in [9.17, 15) is 5.11 Å². The summed E-state index contributed by atoms with van der Waals surface area (Å²) in [5.41, 5.74) is 1.87. The van der Waals surface area contributed by atoms with Crippen molar-refractivity contribution in [3.05, 3.63) is 11.4 Å². The van der Waals surface area contributed by atoms with E-state index in [1.807, 2.05) is 4.68 Å². The maximum atomic E-state index is 9.20. The molecule has 0 spiro atoms. The average Bonchev–Trinajstić information content (AvgIpc) is 2.63. The van der Waals surface area contributed by atoms with Crippen LogP contribution in [0.3, 0.4) is 0 Å². The molecule has 1 atom stereocenters. The quantitative estimate of drug-likeness (QED) is 0.777. The van der Waals surface area contributed by atoms with Gasteiger partial charge in [-0.3, -0.25) is 0 Å². The first-order valence-electron chi connectivity index (χ1n) is 6.15. The first-order valence-corrected chi connectivity index (χ1v) is 6.15. The third-order valence-corrected chi connectivity index (χ3v) is 2.64. The van der Waals surface area contributed by atoms with Crippen LogP contribution in [-0.4, -0.2) is 26.2 Å². The lowest BCUT2D eigenvalue weighted by Crippen LogP contribution is -2.09. The maximum absolute atomic E-state index is 9.20. The topological polar surface area (TPSA) is 74.7 Å². The SMILES string of the molecule is CCCc1c(CC#N)nnn1CCCC(C)O. The Morgan fingerprint density at radius 2 is 2.29 bits per heavy atom. The fourth-order valence-electron chi connectivity index (χ4n) is 1.81. The number of aliphatic hydroxyl groups excluding tert-OH is 1. The normalized spacial score (nSPS) is 12.4. The predicted molar refractivity (Wildman–Crippen MR) is 64.2 cm³/mol. The highest BCUT2D eigenvalue weighted by Crippen LogP contribution is 2.10. The summed E-state index contributed by atoms with van der Waals surface area (Å²) < 4.78 is 1.87. The summed E-state index contributed by atoms with van der Waals surface area (Å²) in [5, 5.41) is 26.0. The summed E-state index contributed by atoms with van der Waals surface area (Å²) in [6, 6.07) is 2.11. The minimum Gasteiger partial charge on any atom is -0.393 e. The van der Waals surface area contributed by atoms with Gasteiger partial charge in [0.25, 0.3) is 0 Å². The lowest BCUT2D eigenvalue weighted by atomic mass is 10.1. The molecule has 17 heavy (non-hydrogen) atoms. The van der Waals surface area contributed by atoms with Crippen LogP contribution in [0.25, 0.3) is 0 Å². The van der Waals surface area contributed by atoms with Crippen molar-refractivity contribution in [1.29, 1.82) is 5.26 Å². The molecule has 0 aromatic carbocycles. The van der Waals surface area contributed by atoms with Gasteiger partial charge in [0.2, 0.25) is 0 Å². The van der Waals surface area contributed by atoms with Crippen LogP contribution in [0.15, 0.2) is 0 Å². The third-order valence-electron chi connectivity index (χ3n) is 2.64. The molecule has 5 heteroatoms. The first-order chi connectivity index (χ1) is 8.19. The molecule has 0 aliphatic carbocycles. The second-order valence-corrected chi connectivity index (χ2v) is 4.28. The molecule has 94 valence electrons. The van der Waals surface area contributed by atoms with E-state index in [1.165, 1.54) is 0 Å². The predicted octanol–water partition coefficient (Wildman–Crippen LogP) is 1.46. The van der Waals surface area contributed by atoms with Gasteiger partial charge in [-0.05, 0) is 26.2 Å². The Bertz CT molecular complexity index is 378. The van der Waals surface area contributed by atoms with Crippen LogP contribution >= 0.6 is 0 Å². The van der Waals surface area contributed by atoms with E-state index in [-0.39, 0.29) is 6.10 Å². The summed E-state index contributed by atoms with van der Waals surface area (Å²) >= 11 is 0. The fourth-order valence-corrected chi connectivity index (χ4v) is 1.81. The van der Waals surface area contributed by atoms with Crippen molar-refractivity contribution in [3.63, 3.8) is 0 Å². The Labute approximate surface area is 102 Å². The van der Waals surface area contributed by atoms with Crippen LogP contribution in [0.1, 0.15) is 44.5 Å². The summed E-state index contributed by atoms with van der Waals surface area (Å²) in [6.45, 7) is 4.65. The number of aryl methyl sites for hydroxylation is 1. The Kier molecular flexibility index (Phi) is 5.64. The van der Waals surface area contributed by atoms with E-state index in [0.717, 1.165) is 43.6 Å². The van der Waals surface area contributed by atoms with Crippen LogP contribution in [0.5, 0.6) is 0 Å². The van der Waals surface area contributed by atoms with Gasteiger partial charge in [-0.2, -0.15) is 5.26 Å². The zero-order chi connectivity index (χ0) is 12.7. The molecular weight excluding hydrogens is 216 g/mol. The number of nitrogens with zero attached hydrogens (tertiary/aromatic N) is 4. The van der Waals surface area contributed by atoms with E-state index in [0.29, 0.717) is 6.42 Å². The largest absolute Gasteiger partial charge is 0.393 e. The van der Waals surface area contributed by atoms with Crippen LogP contribution in [0, 0.1) is 11.3 Å². The second kappa shape index (κ2) is 7.02. The minimum absolute atomic E-state index is 0.272. The molecule has 0 aliphatic heterocycles. The number of aliphatic hydroxyl groups is 1. The monoisotopic (exact) mass is 236 g/mol. The van der Waals surface area contributed by atoms with Crippen molar-refractivity contribution in [2.45, 2.75) is 58.6 Å². The lowest BCUT2D eigenvalue weighted by molar-refractivity contribution is 0.178. The van der Waals surface area contributed by atoms with Gasteiger partial charge in [0.15, 0.2) is 0 Å². The molecule has 1 aromatic rings. The number of hydrogen-bond donors (Lipinski definition) is 1. The van der Waals surface area contributed by atoms with Gasteiger partial charge in [-0.15, -0.1) is 5.10 Å². The summed E-state index contributed by atoms with van der Waals surface area (Å²) in [7, 11) is 0. The average molecular weight is 236 g/mol. The summed E-state index contributed by atoms with van der Waals surface area (Å²) in [6.07, 6.45) is 3.61. The molecular formula is C12H20N4O. The highest BCUT2D eigenvalue weighted by molar-refractivity contribution is 5.14. The van der Waals surface area contributed by atoms with E-state index < -0.39 is 0 Å². The van der Waals surface area contributed by atoms with Gasteiger partial charge in [0.1, 0.15) is 0 Å². The standard InChI is InChI=1S/C12H20N4O/c1-3-5-12-11(7-8-13)14-15-16(12)9-4-6-10(2)17/h10,17H,3-7,9H2,1-2H3. The highest BCUT2D eigenvalue weighted by Gasteiger charge is 2.11. The second-order valence-electron chi connectivity index (χ2n) is 4.28. The third kappa shape index (κ3) is 4.16. The molecule has 0 radical (unpaired) electrons. The van der Waals surface area contributed by atoms with Crippen molar-refractivity contribution in [2.24, 2.45) is 0 Å². The van der Waals surface area contributed by atoms with Gasteiger partial charge in [-0.25, -0.2) is 4.68 Å². The molecule has 5 nitrogen and oxygen atoms in total. The molecule has 0 aliphatic rings. The number of aromatic nitrogens is 3. The van der Waals surface area contributed by atoms with Crippen molar-refractivity contribution in [1.82, 2.24) is 15.0 Å². The van der Waals surface area contributed by atoms with Gasteiger partial charge < -0.3 is 5.11 Å². The lowest BCUT2D eigenvalue weighted by Gasteiger charge is -2.07. The molecule has 0 amide bonds. The van der Waals surface area contributed by atoms with Crippen molar-refractivity contribution in [2.75, 3.05) is 0 Å². The molecule has 1 N–H and O–H groups in total. The molecule has 0 saturated heterocycles. The Morgan fingerprint density at radius 1 is 1.53 bits per heavy atom. The molecule has 0 bridgehead atoms. The van der Waals surface area contributed by atoms with Gasteiger partial charge in [0.05, 0.1) is 30.0 Å². The van der Waals surface area contributed by atoms with Gasteiger partial charge in [0, 0.05) is 6.54 Å². The summed E-state index contributed by atoms with van der Waals surface area (Å²) in [5.74, 6) is 0. The van der Waals surface area contributed by atoms with Gasteiger partial charge >= 0.3 is 0 Å². The molecule has 1 heterocycles.